The second kappa shape index (κ2) is 7.88. The lowest BCUT2D eigenvalue weighted by Gasteiger charge is -2.42. The predicted molar refractivity (Wildman–Crippen MR) is 108 cm³/mol. The zero-order chi connectivity index (χ0) is 19.7. The molecule has 1 N–H and O–H groups in total. The van der Waals surface area contributed by atoms with Gasteiger partial charge in [0.2, 0.25) is 5.91 Å². The molecule has 0 saturated carbocycles. The molecule has 0 spiro atoms. The van der Waals surface area contributed by atoms with Crippen LogP contribution in [0.3, 0.4) is 0 Å². The van der Waals surface area contributed by atoms with Crippen LogP contribution in [0.15, 0.2) is 30.3 Å². The third-order valence-electron chi connectivity index (χ3n) is 6.88. The smallest absolute Gasteiger partial charge is 0.233 e. The fourth-order valence-electron chi connectivity index (χ4n) is 5.16. The van der Waals surface area contributed by atoms with E-state index in [-0.39, 0.29) is 5.91 Å². The van der Waals surface area contributed by atoms with Crippen LogP contribution in [0.25, 0.3) is 0 Å². The number of rotatable bonds is 3. The fraction of sp³-hybridized carbons (Fsp3) is 0.591. The summed E-state index contributed by atoms with van der Waals surface area (Å²) in [5.74, 6) is 2.81. The Balaban J connectivity index is 1.32. The Morgan fingerprint density at radius 2 is 1.83 bits per heavy atom. The Hall–Kier alpha value is -2.25. The van der Waals surface area contributed by atoms with E-state index in [1.54, 1.807) is 0 Å². The largest absolute Gasteiger partial charge is 0.381 e. The molecule has 7 heteroatoms. The van der Waals surface area contributed by atoms with Gasteiger partial charge >= 0.3 is 0 Å². The topological polar surface area (TPSA) is 72.3 Å². The number of carbonyl (C=O) groups excluding carboxylic acids is 1. The normalized spacial score (nSPS) is 22.3. The Morgan fingerprint density at radius 1 is 1.07 bits per heavy atom. The highest BCUT2D eigenvalue weighted by Crippen LogP contribution is 2.38. The zero-order valence-electron chi connectivity index (χ0n) is 16.8. The Morgan fingerprint density at radius 3 is 2.59 bits per heavy atom. The third-order valence-corrected chi connectivity index (χ3v) is 6.88. The van der Waals surface area contributed by atoms with Gasteiger partial charge in [0, 0.05) is 45.3 Å². The number of ether oxygens (including phenoxy) is 1. The molecule has 1 amide bonds. The van der Waals surface area contributed by atoms with Crippen LogP contribution in [0.5, 0.6) is 0 Å². The van der Waals surface area contributed by atoms with Crippen molar-refractivity contribution in [3.8, 4) is 0 Å². The minimum absolute atomic E-state index is 0.276. The Kier molecular flexibility index (Phi) is 5.09. The third kappa shape index (κ3) is 3.36. The van der Waals surface area contributed by atoms with Gasteiger partial charge in [-0.1, -0.05) is 30.3 Å². The van der Waals surface area contributed by atoms with Gasteiger partial charge in [-0.25, -0.2) is 0 Å². The van der Waals surface area contributed by atoms with E-state index < -0.39 is 5.41 Å². The molecule has 5 rings (SSSR count). The monoisotopic (exact) mass is 395 g/mol. The molecule has 3 aliphatic heterocycles. The zero-order valence-corrected chi connectivity index (χ0v) is 16.8. The predicted octanol–water partition coefficient (Wildman–Crippen LogP) is 1.84. The van der Waals surface area contributed by atoms with Crippen LogP contribution in [-0.2, 0) is 28.0 Å². The molecule has 3 aliphatic rings. The van der Waals surface area contributed by atoms with Crippen molar-refractivity contribution in [2.45, 2.75) is 50.1 Å². The lowest BCUT2D eigenvalue weighted by atomic mass is 9.72. The number of hydrogen-bond acceptors (Lipinski definition) is 5. The van der Waals surface area contributed by atoms with E-state index in [0.29, 0.717) is 19.1 Å². The average Bonchev–Trinajstić information content (AvgIpc) is 3.24. The number of carbonyl (C=O) groups is 1. The van der Waals surface area contributed by atoms with E-state index in [2.05, 4.69) is 37.1 Å². The van der Waals surface area contributed by atoms with Crippen LogP contribution in [0.1, 0.15) is 48.8 Å². The number of fused-ring (bicyclic) bond motifs is 1. The van der Waals surface area contributed by atoms with Crippen molar-refractivity contribution in [1.82, 2.24) is 25.0 Å². The van der Waals surface area contributed by atoms with E-state index in [1.165, 1.54) is 0 Å². The van der Waals surface area contributed by atoms with E-state index >= 15 is 0 Å². The number of nitrogens with zero attached hydrogens (tertiary/aromatic N) is 4. The lowest BCUT2D eigenvalue weighted by Crippen LogP contribution is -2.52. The van der Waals surface area contributed by atoms with Gasteiger partial charge in [0.25, 0.3) is 0 Å². The van der Waals surface area contributed by atoms with Gasteiger partial charge in [-0.2, -0.15) is 0 Å². The number of piperidine rings is 1. The number of likely N-dealkylation sites (tertiary alicyclic amines) is 1. The second-order valence-electron chi connectivity index (χ2n) is 8.43. The first-order valence-electron chi connectivity index (χ1n) is 10.8. The fourth-order valence-corrected chi connectivity index (χ4v) is 5.16. The van der Waals surface area contributed by atoms with Crippen molar-refractivity contribution in [3.63, 3.8) is 0 Å². The average molecular weight is 396 g/mol. The molecule has 0 radical (unpaired) electrons. The highest BCUT2D eigenvalue weighted by molar-refractivity contribution is 5.88. The molecule has 0 unspecified atom stereocenters. The molecule has 7 nitrogen and oxygen atoms in total. The summed E-state index contributed by atoms with van der Waals surface area (Å²) in [6.07, 6.45) is 3.44. The van der Waals surface area contributed by atoms with Gasteiger partial charge in [-0.3, -0.25) is 4.79 Å². The highest BCUT2D eigenvalue weighted by Gasteiger charge is 2.44. The molecule has 0 aliphatic carbocycles. The Bertz CT molecular complexity index is 851. The number of amides is 1. The van der Waals surface area contributed by atoms with Crippen molar-refractivity contribution in [2.75, 3.05) is 32.8 Å². The lowest BCUT2D eigenvalue weighted by molar-refractivity contribution is -0.142. The molecule has 2 saturated heterocycles. The van der Waals surface area contributed by atoms with Gasteiger partial charge in [0.1, 0.15) is 11.6 Å². The molecule has 154 valence electrons. The summed E-state index contributed by atoms with van der Waals surface area (Å²) >= 11 is 0. The minimum Gasteiger partial charge on any atom is -0.381 e. The van der Waals surface area contributed by atoms with Gasteiger partial charge in [-0.15, -0.1) is 10.2 Å². The number of aromatic nitrogens is 3. The summed E-state index contributed by atoms with van der Waals surface area (Å²) < 4.78 is 7.89. The molecule has 0 bridgehead atoms. The summed E-state index contributed by atoms with van der Waals surface area (Å²) in [5.41, 5.74) is 0.695. The van der Waals surface area contributed by atoms with Crippen molar-refractivity contribution >= 4 is 5.91 Å². The minimum atomic E-state index is -0.438. The SMILES string of the molecule is O=C(N1CCC(c2nnc3n2CCNC3)CC1)C1(c2ccccc2)CCOCC1. The first kappa shape index (κ1) is 18.8. The summed E-state index contributed by atoms with van der Waals surface area (Å²) in [6, 6.07) is 10.3. The first-order chi connectivity index (χ1) is 14.3. The van der Waals surface area contributed by atoms with Gasteiger partial charge in [0.05, 0.1) is 12.0 Å². The molecule has 4 heterocycles. The van der Waals surface area contributed by atoms with Crippen molar-refractivity contribution in [1.29, 1.82) is 0 Å². The van der Waals surface area contributed by atoms with Crippen molar-refractivity contribution in [2.24, 2.45) is 0 Å². The molecule has 1 aromatic heterocycles. The van der Waals surface area contributed by atoms with Gasteiger partial charge in [0.15, 0.2) is 0 Å². The maximum absolute atomic E-state index is 13.7. The standard InChI is InChI=1S/C22H29N5O2/c28-21(22(8-14-29-15-9-22)18-4-2-1-3-5-18)26-11-6-17(7-12-26)20-25-24-19-16-23-10-13-27(19)20/h1-5,17,23H,6-16H2. The molecular formula is C22H29N5O2. The van der Waals surface area contributed by atoms with E-state index in [4.69, 9.17) is 4.74 Å². The molecule has 29 heavy (non-hydrogen) atoms. The van der Waals surface area contributed by atoms with Crippen LogP contribution in [0.2, 0.25) is 0 Å². The Labute approximate surface area is 171 Å². The molecule has 0 atom stereocenters. The van der Waals surface area contributed by atoms with E-state index in [0.717, 1.165) is 75.6 Å². The van der Waals surface area contributed by atoms with Crippen LogP contribution < -0.4 is 5.32 Å². The second-order valence-corrected chi connectivity index (χ2v) is 8.43. The van der Waals surface area contributed by atoms with Gasteiger partial charge in [-0.05, 0) is 31.2 Å². The van der Waals surface area contributed by atoms with Crippen molar-refractivity contribution < 1.29 is 9.53 Å². The summed E-state index contributed by atoms with van der Waals surface area (Å²) in [4.78, 5) is 15.8. The number of hydrogen-bond donors (Lipinski definition) is 1. The van der Waals surface area contributed by atoms with Crippen LogP contribution in [0, 0.1) is 0 Å². The molecule has 2 fully saturated rings. The van der Waals surface area contributed by atoms with Crippen molar-refractivity contribution in [3.05, 3.63) is 47.5 Å². The molecular weight excluding hydrogens is 366 g/mol. The van der Waals surface area contributed by atoms with Gasteiger partial charge < -0.3 is 19.5 Å². The molecule has 1 aromatic carbocycles. The van der Waals surface area contributed by atoms with E-state index in [9.17, 15) is 4.79 Å². The quantitative estimate of drug-likeness (QED) is 0.859. The maximum atomic E-state index is 13.7. The highest BCUT2D eigenvalue weighted by atomic mass is 16.5. The summed E-state index contributed by atoms with van der Waals surface area (Å²) in [7, 11) is 0. The molecule has 2 aromatic rings. The van der Waals surface area contributed by atoms with Crippen LogP contribution in [0.4, 0.5) is 0 Å². The van der Waals surface area contributed by atoms with Crippen LogP contribution in [-0.4, -0.2) is 58.4 Å². The van der Waals surface area contributed by atoms with E-state index in [1.807, 2.05) is 18.2 Å². The first-order valence-corrected chi connectivity index (χ1v) is 10.8. The number of nitrogens with one attached hydrogen (secondary N) is 1. The maximum Gasteiger partial charge on any atom is 0.233 e. The summed E-state index contributed by atoms with van der Waals surface area (Å²) in [5, 5.41) is 12.2. The van der Waals surface area contributed by atoms with Crippen LogP contribution >= 0.6 is 0 Å². The summed E-state index contributed by atoms with van der Waals surface area (Å²) in [6.45, 7) is 5.59. The number of benzene rings is 1.